The number of amides is 2. The number of carbonyl (C=O) groups is 2. The van der Waals surface area contributed by atoms with E-state index in [9.17, 15) is 9.59 Å². The number of benzene rings is 2. The monoisotopic (exact) mass is 296 g/mol. The van der Waals surface area contributed by atoms with E-state index in [1.165, 1.54) is 0 Å². The molecule has 0 bridgehead atoms. The molecule has 0 aromatic heterocycles. The number of hydrogen-bond acceptors (Lipinski definition) is 3. The Morgan fingerprint density at radius 2 is 2.14 bits per heavy atom. The lowest BCUT2D eigenvalue weighted by atomic mass is 10.1. The van der Waals surface area contributed by atoms with Crippen molar-refractivity contribution < 1.29 is 14.3 Å². The van der Waals surface area contributed by atoms with Crippen molar-refractivity contribution in [2.75, 3.05) is 11.9 Å². The molecule has 2 aromatic carbocycles. The predicted molar refractivity (Wildman–Crippen MR) is 82.9 cm³/mol. The number of fused-ring (bicyclic) bond motifs is 1. The maximum atomic E-state index is 12.1. The van der Waals surface area contributed by atoms with E-state index in [0.717, 1.165) is 11.1 Å². The normalized spacial score (nSPS) is 12.9. The van der Waals surface area contributed by atoms with Gasteiger partial charge in [-0.05, 0) is 36.8 Å². The van der Waals surface area contributed by atoms with Gasteiger partial charge < -0.3 is 15.4 Å². The maximum Gasteiger partial charge on any atom is 0.262 e. The Labute approximate surface area is 128 Å². The molecule has 0 fully saturated rings. The fourth-order valence-electron chi connectivity index (χ4n) is 2.30. The third-order valence-corrected chi connectivity index (χ3v) is 3.41. The van der Waals surface area contributed by atoms with Crippen molar-refractivity contribution in [3.63, 3.8) is 0 Å². The molecule has 2 aromatic rings. The molecule has 0 atom stereocenters. The van der Waals surface area contributed by atoms with Crippen LogP contribution in [0.25, 0.3) is 0 Å². The summed E-state index contributed by atoms with van der Waals surface area (Å²) in [7, 11) is 0. The van der Waals surface area contributed by atoms with Crippen LogP contribution in [-0.2, 0) is 11.3 Å². The van der Waals surface area contributed by atoms with Crippen molar-refractivity contribution in [2.24, 2.45) is 0 Å². The molecule has 1 aliphatic heterocycles. The van der Waals surface area contributed by atoms with Crippen LogP contribution >= 0.6 is 0 Å². The van der Waals surface area contributed by atoms with Crippen LogP contribution in [0.3, 0.4) is 0 Å². The first-order valence-electron chi connectivity index (χ1n) is 7.02. The van der Waals surface area contributed by atoms with Crippen LogP contribution in [0.1, 0.15) is 21.5 Å². The van der Waals surface area contributed by atoms with Crippen molar-refractivity contribution in [1.29, 1.82) is 0 Å². The largest absolute Gasteiger partial charge is 0.482 e. The molecular weight excluding hydrogens is 280 g/mol. The maximum absolute atomic E-state index is 12.1. The van der Waals surface area contributed by atoms with Crippen LogP contribution in [0.15, 0.2) is 42.5 Å². The quantitative estimate of drug-likeness (QED) is 0.913. The van der Waals surface area contributed by atoms with Gasteiger partial charge in [-0.2, -0.15) is 0 Å². The number of aryl methyl sites for hydroxylation is 1. The zero-order valence-electron chi connectivity index (χ0n) is 12.2. The van der Waals surface area contributed by atoms with Crippen LogP contribution in [0.2, 0.25) is 0 Å². The highest BCUT2D eigenvalue weighted by atomic mass is 16.5. The Kier molecular flexibility index (Phi) is 3.78. The van der Waals surface area contributed by atoms with Crippen LogP contribution in [0, 0.1) is 6.92 Å². The highest BCUT2D eigenvalue weighted by Gasteiger charge is 2.16. The molecular formula is C17H16N2O3. The van der Waals surface area contributed by atoms with Crippen molar-refractivity contribution in [1.82, 2.24) is 5.32 Å². The summed E-state index contributed by atoms with van der Waals surface area (Å²) >= 11 is 0. The van der Waals surface area contributed by atoms with E-state index in [0.29, 0.717) is 23.5 Å². The average molecular weight is 296 g/mol. The van der Waals surface area contributed by atoms with Crippen LogP contribution in [0.5, 0.6) is 5.75 Å². The van der Waals surface area contributed by atoms with E-state index in [2.05, 4.69) is 10.6 Å². The minimum atomic E-state index is -0.159. The third-order valence-electron chi connectivity index (χ3n) is 3.41. The van der Waals surface area contributed by atoms with Gasteiger partial charge in [0.2, 0.25) is 0 Å². The molecule has 0 radical (unpaired) electrons. The molecule has 3 rings (SSSR count). The molecule has 0 spiro atoms. The molecule has 0 saturated heterocycles. The van der Waals surface area contributed by atoms with Gasteiger partial charge in [0, 0.05) is 12.1 Å². The molecule has 0 aliphatic carbocycles. The lowest BCUT2D eigenvalue weighted by Gasteiger charge is -2.18. The zero-order chi connectivity index (χ0) is 15.5. The Balaban J connectivity index is 1.67. The Hall–Kier alpha value is -2.82. The molecule has 112 valence electrons. The summed E-state index contributed by atoms with van der Waals surface area (Å²) in [5.74, 6) is 0.352. The van der Waals surface area contributed by atoms with Crippen molar-refractivity contribution >= 4 is 17.5 Å². The summed E-state index contributed by atoms with van der Waals surface area (Å²) in [6.45, 7) is 2.37. The molecule has 2 amide bonds. The highest BCUT2D eigenvalue weighted by molar-refractivity contribution is 5.95. The summed E-state index contributed by atoms with van der Waals surface area (Å²) < 4.78 is 5.36. The molecule has 2 N–H and O–H groups in total. The zero-order valence-corrected chi connectivity index (χ0v) is 12.2. The molecule has 22 heavy (non-hydrogen) atoms. The van der Waals surface area contributed by atoms with Gasteiger partial charge in [0.15, 0.2) is 6.61 Å². The molecule has 1 heterocycles. The molecule has 5 nitrogen and oxygen atoms in total. The van der Waals surface area contributed by atoms with Gasteiger partial charge in [-0.15, -0.1) is 0 Å². The number of ether oxygens (including phenoxy) is 1. The number of carbonyl (C=O) groups excluding carboxylic acids is 2. The Morgan fingerprint density at radius 3 is 2.95 bits per heavy atom. The van der Waals surface area contributed by atoms with Gasteiger partial charge in [0.05, 0.1) is 5.69 Å². The Morgan fingerprint density at radius 1 is 1.27 bits per heavy atom. The van der Waals surface area contributed by atoms with Gasteiger partial charge in [-0.3, -0.25) is 9.59 Å². The van der Waals surface area contributed by atoms with Crippen LogP contribution < -0.4 is 15.4 Å². The lowest BCUT2D eigenvalue weighted by molar-refractivity contribution is -0.118. The van der Waals surface area contributed by atoms with Crippen molar-refractivity contribution in [3.05, 3.63) is 59.2 Å². The average Bonchev–Trinajstić information content (AvgIpc) is 2.52. The first-order chi connectivity index (χ1) is 10.6. The van der Waals surface area contributed by atoms with E-state index in [1.807, 2.05) is 37.3 Å². The smallest absolute Gasteiger partial charge is 0.262 e. The van der Waals surface area contributed by atoms with E-state index < -0.39 is 0 Å². The first kappa shape index (κ1) is 14.1. The summed E-state index contributed by atoms with van der Waals surface area (Å²) in [5.41, 5.74) is 3.26. The molecule has 0 saturated carbocycles. The second kappa shape index (κ2) is 5.89. The summed E-state index contributed by atoms with van der Waals surface area (Å²) in [6, 6.07) is 12.9. The van der Waals surface area contributed by atoms with Gasteiger partial charge in [-0.25, -0.2) is 0 Å². The van der Waals surface area contributed by atoms with Gasteiger partial charge in [-0.1, -0.05) is 23.8 Å². The lowest BCUT2D eigenvalue weighted by Crippen LogP contribution is -2.26. The van der Waals surface area contributed by atoms with Gasteiger partial charge >= 0.3 is 0 Å². The van der Waals surface area contributed by atoms with E-state index in [4.69, 9.17) is 4.74 Å². The molecule has 1 aliphatic rings. The van der Waals surface area contributed by atoms with Crippen molar-refractivity contribution in [3.8, 4) is 5.75 Å². The standard InChI is InChI=1S/C17H16N2O3/c1-11-3-2-4-13(7-11)17(21)18-9-12-5-6-14-15(8-12)22-10-16(20)19-14/h2-8H,9-10H2,1H3,(H,18,21)(H,19,20). The second-order valence-corrected chi connectivity index (χ2v) is 5.22. The number of nitrogens with one attached hydrogen (secondary N) is 2. The minimum Gasteiger partial charge on any atom is -0.482 e. The predicted octanol–water partition coefficient (Wildman–Crippen LogP) is 2.26. The Bertz CT molecular complexity index is 740. The number of rotatable bonds is 3. The fourth-order valence-corrected chi connectivity index (χ4v) is 2.30. The van der Waals surface area contributed by atoms with Gasteiger partial charge in [0.1, 0.15) is 5.75 Å². The van der Waals surface area contributed by atoms with E-state index in [1.54, 1.807) is 12.1 Å². The number of anilines is 1. The van der Waals surface area contributed by atoms with E-state index in [-0.39, 0.29) is 18.4 Å². The summed E-state index contributed by atoms with van der Waals surface area (Å²) in [5, 5.41) is 5.61. The summed E-state index contributed by atoms with van der Waals surface area (Å²) in [4.78, 5) is 23.3. The summed E-state index contributed by atoms with van der Waals surface area (Å²) in [6.07, 6.45) is 0. The number of hydrogen-bond donors (Lipinski definition) is 2. The minimum absolute atomic E-state index is 0.0199. The SMILES string of the molecule is Cc1cccc(C(=O)NCc2ccc3c(c2)OCC(=O)N3)c1. The van der Waals surface area contributed by atoms with Crippen LogP contribution in [0.4, 0.5) is 5.69 Å². The van der Waals surface area contributed by atoms with E-state index >= 15 is 0 Å². The fraction of sp³-hybridized carbons (Fsp3) is 0.176. The third kappa shape index (κ3) is 3.09. The van der Waals surface area contributed by atoms with Crippen molar-refractivity contribution in [2.45, 2.75) is 13.5 Å². The second-order valence-electron chi connectivity index (χ2n) is 5.22. The highest BCUT2D eigenvalue weighted by Crippen LogP contribution is 2.28. The first-order valence-corrected chi connectivity index (χ1v) is 7.02. The molecule has 0 unspecified atom stereocenters. The van der Waals surface area contributed by atoms with Gasteiger partial charge in [0.25, 0.3) is 11.8 Å². The molecule has 5 heteroatoms. The van der Waals surface area contributed by atoms with Crippen LogP contribution in [-0.4, -0.2) is 18.4 Å². The topological polar surface area (TPSA) is 67.4 Å².